The van der Waals surface area contributed by atoms with Crippen molar-refractivity contribution < 1.29 is 14.7 Å². The first-order valence-electron chi connectivity index (χ1n) is 8.68. The summed E-state index contributed by atoms with van der Waals surface area (Å²) in [6.07, 6.45) is 0.350. The number of aliphatic hydroxyl groups excluding tert-OH is 1. The van der Waals surface area contributed by atoms with E-state index >= 15 is 0 Å². The molecule has 5 heteroatoms. The predicted octanol–water partition coefficient (Wildman–Crippen LogP) is 2.68. The Balaban J connectivity index is 1.75. The van der Waals surface area contributed by atoms with Gasteiger partial charge in [-0.25, -0.2) is 0 Å². The van der Waals surface area contributed by atoms with Crippen LogP contribution in [0.4, 0.5) is 0 Å². The molecule has 0 heterocycles. The Bertz CT molecular complexity index is 728. The summed E-state index contributed by atoms with van der Waals surface area (Å²) in [5.74, 6) is -0.198. The SMILES string of the molecule is CC(C)NC(=O)CCCC(=O)NCC(O)c1ccc2ccccc2c1. The van der Waals surface area contributed by atoms with E-state index in [9.17, 15) is 14.7 Å². The average Bonchev–Trinajstić information content (AvgIpc) is 2.58. The van der Waals surface area contributed by atoms with Crippen LogP contribution in [0.25, 0.3) is 10.8 Å². The van der Waals surface area contributed by atoms with Crippen LogP contribution in [0.2, 0.25) is 0 Å². The minimum Gasteiger partial charge on any atom is -0.387 e. The van der Waals surface area contributed by atoms with Crippen LogP contribution < -0.4 is 10.6 Å². The molecule has 134 valence electrons. The molecule has 2 aromatic carbocycles. The van der Waals surface area contributed by atoms with Crippen LogP contribution >= 0.6 is 0 Å². The predicted molar refractivity (Wildman–Crippen MR) is 99.0 cm³/mol. The monoisotopic (exact) mass is 342 g/mol. The van der Waals surface area contributed by atoms with Gasteiger partial charge in [-0.3, -0.25) is 9.59 Å². The van der Waals surface area contributed by atoms with Crippen molar-refractivity contribution in [1.82, 2.24) is 10.6 Å². The fourth-order valence-corrected chi connectivity index (χ4v) is 2.64. The highest BCUT2D eigenvalue weighted by Gasteiger charge is 2.11. The minimum atomic E-state index is -0.752. The number of nitrogens with one attached hydrogen (secondary N) is 2. The van der Waals surface area contributed by atoms with Crippen molar-refractivity contribution in [1.29, 1.82) is 0 Å². The van der Waals surface area contributed by atoms with Crippen molar-refractivity contribution in [2.24, 2.45) is 0 Å². The summed E-state index contributed by atoms with van der Waals surface area (Å²) < 4.78 is 0. The topological polar surface area (TPSA) is 78.4 Å². The molecule has 0 aliphatic rings. The van der Waals surface area contributed by atoms with Crippen LogP contribution in [-0.4, -0.2) is 29.5 Å². The number of hydrogen-bond acceptors (Lipinski definition) is 3. The summed E-state index contributed by atoms with van der Waals surface area (Å²) in [4.78, 5) is 23.4. The molecule has 5 nitrogen and oxygen atoms in total. The third kappa shape index (κ3) is 6.19. The molecule has 1 unspecified atom stereocenters. The van der Waals surface area contributed by atoms with Crippen molar-refractivity contribution in [2.75, 3.05) is 6.54 Å². The van der Waals surface area contributed by atoms with Crippen LogP contribution in [-0.2, 0) is 9.59 Å². The molecule has 0 saturated carbocycles. The second-order valence-electron chi connectivity index (χ2n) is 6.50. The van der Waals surface area contributed by atoms with Gasteiger partial charge in [0.15, 0.2) is 0 Å². The fourth-order valence-electron chi connectivity index (χ4n) is 2.64. The van der Waals surface area contributed by atoms with E-state index in [2.05, 4.69) is 10.6 Å². The Kier molecular flexibility index (Phi) is 6.95. The normalized spacial score (nSPS) is 12.2. The van der Waals surface area contributed by atoms with Crippen molar-refractivity contribution in [3.8, 4) is 0 Å². The van der Waals surface area contributed by atoms with E-state index in [4.69, 9.17) is 0 Å². The molecule has 0 radical (unpaired) electrons. The Morgan fingerprint density at radius 2 is 1.68 bits per heavy atom. The summed E-state index contributed by atoms with van der Waals surface area (Å²) in [5.41, 5.74) is 0.773. The fraction of sp³-hybridized carbons (Fsp3) is 0.400. The Hall–Kier alpha value is -2.40. The van der Waals surface area contributed by atoms with E-state index in [1.807, 2.05) is 56.3 Å². The lowest BCUT2D eigenvalue weighted by Crippen LogP contribution is -2.31. The Morgan fingerprint density at radius 3 is 2.40 bits per heavy atom. The van der Waals surface area contributed by atoms with Gasteiger partial charge in [0, 0.05) is 25.4 Å². The number of benzene rings is 2. The van der Waals surface area contributed by atoms with E-state index in [1.165, 1.54) is 0 Å². The van der Waals surface area contributed by atoms with Gasteiger partial charge in [0.1, 0.15) is 0 Å². The second kappa shape index (κ2) is 9.18. The van der Waals surface area contributed by atoms with Gasteiger partial charge in [-0.2, -0.15) is 0 Å². The summed E-state index contributed by atoms with van der Waals surface area (Å²) in [6.45, 7) is 3.97. The Morgan fingerprint density at radius 1 is 1.00 bits per heavy atom. The number of rotatable bonds is 8. The average molecular weight is 342 g/mol. The number of amides is 2. The van der Waals surface area contributed by atoms with E-state index in [0.717, 1.165) is 16.3 Å². The van der Waals surface area contributed by atoms with Crippen molar-refractivity contribution in [3.63, 3.8) is 0 Å². The van der Waals surface area contributed by atoms with E-state index < -0.39 is 6.10 Å². The smallest absolute Gasteiger partial charge is 0.220 e. The second-order valence-corrected chi connectivity index (χ2v) is 6.50. The molecule has 0 bridgehead atoms. The molecule has 0 aromatic heterocycles. The molecular weight excluding hydrogens is 316 g/mol. The lowest BCUT2D eigenvalue weighted by molar-refractivity contribution is -0.122. The molecule has 0 spiro atoms. The van der Waals surface area contributed by atoms with Crippen LogP contribution in [0.5, 0.6) is 0 Å². The van der Waals surface area contributed by atoms with Gasteiger partial charge in [-0.15, -0.1) is 0 Å². The molecule has 2 aromatic rings. The molecular formula is C20H26N2O3. The quantitative estimate of drug-likeness (QED) is 0.690. The first-order valence-corrected chi connectivity index (χ1v) is 8.68. The number of fused-ring (bicyclic) bond motifs is 1. The summed E-state index contributed by atoms with van der Waals surface area (Å²) in [5, 5.41) is 17.9. The summed E-state index contributed by atoms with van der Waals surface area (Å²) in [7, 11) is 0. The summed E-state index contributed by atoms with van der Waals surface area (Å²) >= 11 is 0. The van der Waals surface area contributed by atoms with Crippen LogP contribution in [0.3, 0.4) is 0 Å². The zero-order chi connectivity index (χ0) is 18.2. The largest absolute Gasteiger partial charge is 0.387 e. The highest BCUT2D eigenvalue weighted by Crippen LogP contribution is 2.20. The molecule has 0 aliphatic carbocycles. The molecule has 0 saturated heterocycles. The maximum absolute atomic E-state index is 11.8. The molecule has 3 N–H and O–H groups in total. The lowest BCUT2D eigenvalue weighted by atomic mass is 10.0. The molecule has 1 atom stereocenters. The van der Waals surface area contributed by atoms with Gasteiger partial charge >= 0.3 is 0 Å². The van der Waals surface area contributed by atoms with Gasteiger partial charge in [0.05, 0.1) is 6.10 Å². The number of carbonyl (C=O) groups is 2. The van der Waals surface area contributed by atoms with E-state index in [-0.39, 0.29) is 30.8 Å². The molecule has 2 amide bonds. The number of aliphatic hydroxyl groups is 1. The highest BCUT2D eigenvalue weighted by atomic mass is 16.3. The van der Waals surface area contributed by atoms with E-state index in [1.54, 1.807) is 0 Å². The number of carbonyl (C=O) groups excluding carboxylic acids is 2. The van der Waals surface area contributed by atoms with Gasteiger partial charge in [-0.1, -0.05) is 36.4 Å². The molecule has 2 rings (SSSR count). The van der Waals surface area contributed by atoms with Gasteiger partial charge in [0.2, 0.25) is 11.8 Å². The van der Waals surface area contributed by atoms with Crippen LogP contribution in [0.1, 0.15) is 44.8 Å². The maximum atomic E-state index is 11.8. The van der Waals surface area contributed by atoms with Crippen molar-refractivity contribution >= 4 is 22.6 Å². The molecule has 25 heavy (non-hydrogen) atoms. The van der Waals surface area contributed by atoms with E-state index in [0.29, 0.717) is 12.8 Å². The zero-order valence-electron chi connectivity index (χ0n) is 14.8. The lowest BCUT2D eigenvalue weighted by Gasteiger charge is -2.13. The minimum absolute atomic E-state index is 0.0426. The first-order chi connectivity index (χ1) is 12.0. The Labute approximate surface area is 148 Å². The third-order valence-corrected chi connectivity index (χ3v) is 3.91. The summed E-state index contributed by atoms with van der Waals surface area (Å²) in [6, 6.07) is 13.8. The molecule has 0 fully saturated rings. The maximum Gasteiger partial charge on any atom is 0.220 e. The first kappa shape index (κ1) is 18.9. The third-order valence-electron chi connectivity index (χ3n) is 3.91. The highest BCUT2D eigenvalue weighted by molar-refractivity contribution is 5.83. The van der Waals surface area contributed by atoms with Crippen molar-refractivity contribution in [2.45, 2.75) is 45.3 Å². The van der Waals surface area contributed by atoms with Crippen LogP contribution in [0.15, 0.2) is 42.5 Å². The standard InChI is InChI=1S/C20H26N2O3/c1-14(2)22-20(25)9-5-8-19(24)21-13-18(23)17-11-10-15-6-3-4-7-16(15)12-17/h3-4,6-7,10-12,14,18,23H,5,8-9,13H2,1-2H3,(H,21,24)(H,22,25). The van der Waals surface area contributed by atoms with Gasteiger partial charge < -0.3 is 15.7 Å². The van der Waals surface area contributed by atoms with Gasteiger partial charge in [0.25, 0.3) is 0 Å². The van der Waals surface area contributed by atoms with Crippen molar-refractivity contribution in [3.05, 3.63) is 48.0 Å². The van der Waals surface area contributed by atoms with Crippen LogP contribution in [0, 0.1) is 0 Å². The number of hydrogen-bond donors (Lipinski definition) is 3. The zero-order valence-corrected chi connectivity index (χ0v) is 14.8. The molecule has 0 aliphatic heterocycles. The van der Waals surface area contributed by atoms with Gasteiger partial charge in [-0.05, 0) is 42.7 Å².